The number of aromatic amines is 1. The summed E-state index contributed by atoms with van der Waals surface area (Å²) >= 11 is 0. The quantitative estimate of drug-likeness (QED) is 0.172. The van der Waals surface area contributed by atoms with Gasteiger partial charge in [-0.1, -0.05) is 20.3 Å². The minimum Gasteiger partial charge on any atom is -0.480 e. The molecule has 1 rings (SSSR count). The van der Waals surface area contributed by atoms with Gasteiger partial charge in [0.05, 0.1) is 25.3 Å². The number of rotatable bonds is 13. The van der Waals surface area contributed by atoms with Gasteiger partial charge in [-0.05, 0) is 5.92 Å². The zero-order chi connectivity index (χ0) is 23.6. The van der Waals surface area contributed by atoms with Crippen LogP contribution in [0.1, 0.15) is 32.4 Å². The van der Waals surface area contributed by atoms with Gasteiger partial charge in [-0.3, -0.25) is 19.2 Å². The van der Waals surface area contributed by atoms with Crippen LogP contribution in [0.25, 0.3) is 0 Å². The Morgan fingerprint density at radius 1 is 1.19 bits per heavy atom. The van der Waals surface area contributed by atoms with Gasteiger partial charge in [-0.15, -0.1) is 0 Å². The van der Waals surface area contributed by atoms with Gasteiger partial charge in [-0.25, -0.2) is 9.78 Å². The molecule has 1 heterocycles. The van der Waals surface area contributed by atoms with Crippen molar-refractivity contribution in [2.75, 3.05) is 6.54 Å². The number of carbonyl (C=O) groups is 5. The molecule has 0 aliphatic carbocycles. The number of imidazole rings is 1. The Kier molecular flexibility index (Phi) is 10.1. The van der Waals surface area contributed by atoms with Crippen molar-refractivity contribution in [3.8, 4) is 0 Å². The molecule has 0 aliphatic heterocycles. The Morgan fingerprint density at radius 3 is 2.39 bits per heavy atom. The van der Waals surface area contributed by atoms with E-state index in [1.54, 1.807) is 13.8 Å². The molecular formula is C18H29N7O6. The second-order valence-electron chi connectivity index (χ2n) is 7.11. The molecule has 4 atom stereocenters. The first-order valence-corrected chi connectivity index (χ1v) is 9.66. The molecule has 4 unspecified atom stereocenters. The highest BCUT2D eigenvalue weighted by atomic mass is 16.4. The standard InChI is InChI=1S/C18H29N7O6/c1-3-9(2)15(17(29)24-12(18(30)31)5-13(20)26)25-14(27)7-22-16(28)11(19)4-10-6-21-8-23-10/h6,8-9,11-12,15H,3-5,7,19H2,1-2H3,(H2,20,26)(H,21,23)(H,22,28)(H,24,29)(H,25,27)(H,30,31). The van der Waals surface area contributed by atoms with E-state index in [2.05, 4.69) is 25.9 Å². The van der Waals surface area contributed by atoms with Crippen LogP contribution in [-0.4, -0.2) is 69.3 Å². The van der Waals surface area contributed by atoms with Crippen molar-refractivity contribution in [1.29, 1.82) is 0 Å². The van der Waals surface area contributed by atoms with E-state index >= 15 is 0 Å². The average Bonchev–Trinajstić information content (AvgIpc) is 3.21. The molecular weight excluding hydrogens is 410 g/mol. The van der Waals surface area contributed by atoms with E-state index in [9.17, 15) is 24.0 Å². The molecule has 0 fully saturated rings. The third-order valence-corrected chi connectivity index (χ3v) is 4.59. The Morgan fingerprint density at radius 2 is 1.87 bits per heavy atom. The first kappa shape index (κ1) is 25.6. The number of hydrogen-bond acceptors (Lipinski definition) is 7. The molecule has 0 saturated carbocycles. The maximum absolute atomic E-state index is 12.5. The van der Waals surface area contributed by atoms with Crippen LogP contribution in [0.15, 0.2) is 12.5 Å². The molecule has 1 aromatic heterocycles. The largest absolute Gasteiger partial charge is 0.480 e. The number of hydrogen-bond donors (Lipinski definition) is 7. The molecule has 13 heteroatoms. The number of amides is 4. The van der Waals surface area contributed by atoms with Crippen molar-refractivity contribution >= 4 is 29.6 Å². The van der Waals surface area contributed by atoms with Crippen LogP contribution in [0.4, 0.5) is 0 Å². The van der Waals surface area contributed by atoms with E-state index in [4.69, 9.17) is 16.6 Å². The molecule has 4 amide bonds. The number of H-pyrrole nitrogens is 1. The maximum atomic E-state index is 12.5. The van der Waals surface area contributed by atoms with Crippen molar-refractivity contribution in [2.24, 2.45) is 17.4 Å². The summed E-state index contributed by atoms with van der Waals surface area (Å²) in [6.07, 6.45) is 3.07. The van der Waals surface area contributed by atoms with E-state index in [1.807, 2.05) is 0 Å². The summed E-state index contributed by atoms with van der Waals surface area (Å²) in [5, 5.41) is 16.2. The summed E-state index contributed by atoms with van der Waals surface area (Å²) in [5.74, 6) is -4.69. The number of nitrogens with two attached hydrogens (primary N) is 2. The Hall–Kier alpha value is -3.48. The lowest BCUT2D eigenvalue weighted by Crippen LogP contribution is -2.56. The number of carbonyl (C=O) groups excluding carboxylic acids is 4. The van der Waals surface area contributed by atoms with Gasteiger partial charge in [0, 0.05) is 18.3 Å². The molecule has 0 aliphatic rings. The van der Waals surface area contributed by atoms with Gasteiger partial charge in [0.25, 0.3) is 0 Å². The van der Waals surface area contributed by atoms with E-state index in [1.165, 1.54) is 12.5 Å². The minimum atomic E-state index is -1.52. The second-order valence-corrected chi connectivity index (χ2v) is 7.11. The molecule has 0 saturated heterocycles. The fourth-order valence-corrected chi connectivity index (χ4v) is 2.61. The molecule has 0 bridgehead atoms. The number of carboxylic acids is 1. The summed E-state index contributed by atoms with van der Waals surface area (Å²) in [4.78, 5) is 65.8. The Labute approximate surface area is 178 Å². The van der Waals surface area contributed by atoms with Gasteiger partial charge < -0.3 is 37.5 Å². The highest BCUT2D eigenvalue weighted by Crippen LogP contribution is 2.09. The summed E-state index contributed by atoms with van der Waals surface area (Å²) in [7, 11) is 0. The van der Waals surface area contributed by atoms with Crippen LogP contribution < -0.4 is 27.4 Å². The van der Waals surface area contributed by atoms with Crippen LogP contribution in [0.3, 0.4) is 0 Å². The number of aromatic nitrogens is 2. The third kappa shape index (κ3) is 8.82. The molecule has 0 aromatic carbocycles. The number of carboxylic acid groups (broad SMARTS) is 1. The molecule has 31 heavy (non-hydrogen) atoms. The average molecular weight is 439 g/mol. The summed E-state index contributed by atoms with van der Waals surface area (Å²) in [6, 6.07) is -3.51. The topological polar surface area (TPSA) is 222 Å². The molecule has 13 nitrogen and oxygen atoms in total. The van der Waals surface area contributed by atoms with Gasteiger partial charge >= 0.3 is 5.97 Å². The summed E-state index contributed by atoms with van der Waals surface area (Å²) in [6.45, 7) is 3.04. The van der Waals surface area contributed by atoms with E-state index < -0.39 is 60.7 Å². The Bertz CT molecular complexity index is 782. The van der Waals surface area contributed by atoms with Crippen LogP contribution in [0, 0.1) is 5.92 Å². The van der Waals surface area contributed by atoms with E-state index in [0.717, 1.165) is 0 Å². The number of aliphatic carboxylic acids is 1. The SMILES string of the molecule is CCC(C)C(NC(=O)CNC(=O)C(N)Cc1cnc[nH]1)C(=O)NC(CC(N)=O)C(=O)O. The summed E-state index contributed by atoms with van der Waals surface area (Å²) < 4.78 is 0. The number of nitrogens with one attached hydrogen (secondary N) is 4. The summed E-state index contributed by atoms with van der Waals surface area (Å²) in [5.41, 5.74) is 11.4. The van der Waals surface area contributed by atoms with Gasteiger partial charge in [0.15, 0.2) is 0 Å². The van der Waals surface area contributed by atoms with Crippen molar-refractivity contribution in [3.05, 3.63) is 18.2 Å². The monoisotopic (exact) mass is 439 g/mol. The number of nitrogens with zero attached hydrogens (tertiary/aromatic N) is 1. The minimum absolute atomic E-state index is 0.196. The van der Waals surface area contributed by atoms with Crippen LogP contribution in [0.2, 0.25) is 0 Å². The smallest absolute Gasteiger partial charge is 0.326 e. The fraction of sp³-hybridized carbons (Fsp3) is 0.556. The molecule has 0 radical (unpaired) electrons. The van der Waals surface area contributed by atoms with Gasteiger partial charge in [0.1, 0.15) is 12.1 Å². The van der Waals surface area contributed by atoms with E-state index in [0.29, 0.717) is 12.1 Å². The first-order chi connectivity index (χ1) is 14.5. The Balaban J connectivity index is 2.66. The fourth-order valence-electron chi connectivity index (χ4n) is 2.61. The van der Waals surface area contributed by atoms with Crippen molar-refractivity contribution in [3.63, 3.8) is 0 Å². The number of primary amides is 1. The predicted octanol–water partition coefficient (Wildman–Crippen LogP) is -2.63. The molecule has 9 N–H and O–H groups in total. The van der Waals surface area contributed by atoms with Gasteiger partial charge in [0.2, 0.25) is 23.6 Å². The second kappa shape index (κ2) is 12.3. The normalized spacial score (nSPS) is 14.5. The zero-order valence-electron chi connectivity index (χ0n) is 17.4. The lowest BCUT2D eigenvalue weighted by Gasteiger charge is -2.25. The van der Waals surface area contributed by atoms with Gasteiger partial charge in [-0.2, -0.15) is 0 Å². The molecule has 0 spiro atoms. The zero-order valence-corrected chi connectivity index (χ0v) is 17.4. The highest BCUT2D eigenvalue weighted by Gasteiger charge is 2.30. The highest BCUT2D eigenvalue weighted by molar-refractivity contribution is 5.93. The van der Waals surface area contributed by atoms with Crippen molar-refractivity contribution in [1.82, 2.24) is 25.9 Å². The van der Waals surface area contributed by atoms with Crippen molar-refractivity contribution < 1.29 is 29.1 Å². The van der Waals surface area contributed by atoms with Crippen LogP contribution >= 0.6 is 0 Å². The maximum Gasteiger partial charge on any atom is 0.326 e. The lowest BCUT2D eigenvalue weighted by molar-refractivity contribution is -0.144. The predicted molar refractivity (Wildman–Crippen MR) is 108 cm³/mol. The van der Waals surface area contributed by atoms with E-state index in [-0.39, 0.29) is 12.3 Å². The first-order valence-electron chi connectivity index (χ1n) is 9.66. The molecule has 1 aromatic rings. The van der Waals surface area contributed by atoms with Crippen LogP contribution in [0.5, 0.6) is 0 Å². The molecule has 172 valence electrons. The third-order valence-electron chi connectivity index (χ3n) is 4.59. The van der Waals surface area contributed by atoms with Crippen LogP contribution in [-0.2, 0) is 30.4 Å². The lowest BCUT2D eigenvalue weighted by atomic mass is 9.97. The van der Waals surface area contributed by atoms with Crippen molar-refractivity contribution in [2.45, 2.75) is 51.2 Å².